The smallest absolute Gasteiger partial charge is 0.267 e. The second-order valence-corrected chi connectivity index (χ2v) is 6.03. The normalized spacial score (nSPS) is 11.6. The first-order valence-corrected chi connectivity index (χ1v) is 8.00. The third-order valence-corrected chi connectivity index (χ3v) is 4.31. The van der Waals surface area contributed by atoms with Gasteiger partial charge in [-0.1, -0.05) is 47.5 Å². The number of carbonyl (C=O) groups is 1. The molecule has 3 aromatic rings. The number of fused-ring (bicyclic) bond motifs is 1. The molecule has 0 fully saturated rings. The van der Waals surface area contributed by atoms with Crippen molar-refractivity contribution in [3.8, 4) is 0 Å². The number of benzene rings is 2. The number of nitrogens with one attached hydrogen (secondary N) is 2. The standard InChI is InChI=1S/C17H12Cl2N4O2/c1-9(10-6-7-13(18)14(19)8-10)20-23-17(25)15-11-4-2-3-5-12(11)16(24)22-21-15/h2-8H,1H3,(H,22,24)(H,23,25)/b20-9-. The van der Waals surface area contributed by atoms with E-state index in [1.54, 1.807) is 49.4 Å². The van der Waals surface area contributed by atoms with E-state index in [9.17, 15) is 9.59 Å². The predicted molar refractivity (Wildman–Crippen MR) is 98.5 cm³/mol. The number of halogens is 2. The molecule has 8 heteroatoms. The summed E-state index contributed by atoms with van der Waals surface area (Å²) in [5.74, 6) is -0.535. The summed E-state index contributed by atoms with van der Waals surface area (Å²) in [5.41, 5.74) is 3.42. The Hall–Kier alpha value is -2.70. The maximum Gasteiger partial charge on any atom is 0.292 e. The Morgan fingerprint density at radius 1 is 1.12 bits per heavy atom. The maximum absolute atomic E-state index is 12.4. The SMILES string of the molecule is C/C(=N/NC(=O)c1n[nH]c(=O)c2ccccc12)c1ccc(Cl)c(Cl)c1. The zero-order valence-corrected chi connectivity index (χ0v) is 14.5. The van der Waals surface area contributed by atoms with Gasteiger partial charge in [0.25, 0.3) is 11.5 Å². The largest absolute Gasteiger partial charge is 0.292 e. The van der Waals surface area contributed by atoms with Gasteiger partial charge in [0, 0.05) is 5.39 Å². The highest BCUT2D eigenvalue weighted by Gasteiger charge is 2.13. The van der Waals surface area contributed by atoms with Crippen molar-refractivity contribution in [2.75, 3.05) is 0 Å². The van der Waals surface area contributed by atoms with Gasteiger partial charge >= 0.3 is 0 Å². The molecule has 0 saturated heterocycles. The first-order chi connectivity index (χ1) is 12.0. The lowest BCUT2D eigenvalue weighted by Crippen LogP contribution is -2.23. The number of hydrogen-bond donors (Lipinski definition) is 2. The van der Waals surface area contributed by atoms with E-state index >= 15 is 0 Å². The molecule has 0 unspecified atom stereocenters. The average Bonchev–Trinajstić information content (AvgIpc) is 2.62. The highest BCUT2D eigenvalue weighted by atomic mass is 35.5. The van der Waals surface area contributed by atoms with E-state index < -0.39 is 5.91 Å². The van der Waals surface area contributed by atoms with Crippen LogP contribution in [0.1, 0.15) is 23.0 Å². The topological polar surface area (TPSA) is 87.2 Å². The summed E-state index contributed by atoms with van der Waals surface area (Å²) < 4.78 is 0. The zero-order chi connectivity index (χ0) is 18.0. The van der Waals surface area contributed by atoms with Crippen LogP contribution in [0, 0.1) is 0 Å². The van der Waals surface area contributed by atoms with E-state index in [4.69, 9.17) is 23.2 Å². The summed E-state index contributed by atoms with van der Waals surface area (Å²) in [6, 6.07) is 11.8. The van der Waals surface area contributed by atoms with E-state index in [0.29, 0.717) is 32.1 Å². The molecule has 0 aliphatic heterocycles. The predicted octanol–water partition coefficient (Wildman–Crippen LogP) is 3.38. The molecule has 0 bridgehead atoms. The molecule has 0 radical (unpaired) electrons. The molecule has 1 amide bonds. The van der Waals surface area contributed by atoms with Crippen molar-refractivity contribution >= 4 is 45.6 Å². The van der Waals surface area contributed by atoms with E-state index in [1.807, 2.05) is 0 Å². The number of rotatable bonds is 3. The van der Waals surface area contributed by atoms with E-state index in [-0.39, 0.29) is 11.3 Å². The Morgan fingerprint density at radius 2 is 1.84 bits per heavy atom. The van der Waals surface area contributed by atoms with Gasteiger partial charge in [0.2, 0.25) is 0 Å². The van der Waals surface area contributed by atoms with Gasteiger partial charge in [-0.05, 0) is 30.7 Å². The summed E-state index contributed by atoms with van der Waals surface area (Å²) in [5, 5.41) is 11.9. The Bertz CT molecular complexity index is 1060. The number of hydrogen-bond acceptors (Lipinski definition) is 4. The minimum atomic E-state index is -0.535. The number of aromatic amines is 1. The van der Waals surface area contributed by atoms with Crippen molar-refractivity contribution in [2.24, 2.45) is 5.10 Å². The first kappa shape index (κ1) is 17.1. The number of amides is 1. The zero-order valence-electron chi connectivity index (χ0n) is 13.0. The van der Waals surface area contributed by atoms with Crippen molar-refractivity contribution < 1.29 is 4.79 Å². The van der Waals surface area contributed by atoms with Gasteiger partial charge in [0.1, 0.15) is 0 Å². The summed E-state index contributed by atoms with van der Waals surface area (Å²) in [6.45, 7) is 1.72. The van der Waals surface area contributed by atoms with Crippen LogP contribution >= 0.6 is 23.2 Å². The molecular weight excluding hydrogens is 363 g/mol. The third kappa shape index (κ3) is 3.55. The lowest BCUT2D eigenvalue weighted by atomic mass is 10.1. The van der Waals surface area contributed by atoms with Gasteiger partial charge in [-0.2, -0.15) is 10.2 Å². The molecule has 25 heavy (non-hydrogen) atoms. The number of carbonyl (C=O) groups excluding carboxylic acids is 1. The molecule has 2 N–H and O–H groups in total. The van der Waals surface area contributed by atoms with Crippen molar-refractivity contribution in [2.45, 2.75) is 6.92 Å². The minimum Gasteiger partial charge on any atom is -0.267 e. The van der Waals surface area contributed by atoms with Crippen molar-refractivity contribution in [3.63, 3.8) is 0 Å². The molecule has 0 spiro atoms. The van der Waals surface area contributed by atoms with E-state index in [0.717, 1.165) is 0 Å². The maximum atomic E-state index is 12.4. The van der Waals surface area contributed by atoms with Gasteiger partial charge in [0.15, 0.2) is 5.69 Å². The second-order valence-electron chi connectivity index (χ2n) is 5.21. The van der Waals surface area contributed by atoms with Crippen molar-refractivity contribution in [1.82, 2.24) is 15.6 Å². The fraction of sp³-hybridized carbons (Fsp3) is 0.0588. The van der Waals surface area contributed by atoms with Crippen molar-refractivity contribution in [1.29, 1.82) is 0 Å². The Kier molecular flexibility index (Phi) is 4.83. The van der Waals surface area contributed by atoms with Gasteiger partial charge in [-0.15, -0.1) is 0 Å². The van der Waals surface area contributed by atoms with Crippen molar-refractivity contribution in [3.05, 3.63) is 74.1 Å². The summed E-state index contributed by atoms with van der Waals surface area (Å²) >= 11 is 11.9. The lowest BCUT2D eigenvalue weighted by molar-refractivity contribution is 0.0950. The van der Waals surface area contributed by atoms with Gasteiger partial charge in [-0.3, -0.25) is 9.59 Å². The molecule has 6 nitrogen and oxygen atoms in total. The monoisotopic (exact) mass is 374 g/mol. The van der Waals surface area contributed by atoms with Crippen LogP contribution < -0.4 is 11.0 Å². The Balaban J connectivity index is 1.89. The van der Waals surface area contributed by atoms with Crippen LogP contribution in [0.2, 0.25) is 10.0 Å². The molecule has 2 aromatic carbocycles. The fourth-order valence-electron chi connectivity index (χ4n) is 2.26. The number of H-pyrrole nitrogens is 1. The van der Waals surface area contributed by atoms with Crippen LogP contribution in [-0.2, 0) is 0 Å². The minimum absolute atomic E-state index is 0.0842. The summed E-state index contributed by atoms with van der Waals surface area (Å²) in [7, 11) is 0. The Labute approximate surface area is 152 Å². The van der Waals surface area contributed by atoms with Crippen LogP contribution in [0.25, 0.3) is 10.8 Å². The number of aromatic nitrogens is 2. The molecule has 3 rings (SSSR count). The van der Waals surface area contributed by atoms with Crippen LogP contribution in [0.5, 0.6) is 0 Å². The molecule has 0 aliphatic carbocycles. The lowest BCUT2D eigenvalue weighted by Gasteiger charge is -2.05. The highest BCUT2D eigenvalue weighted by Crippen LogP contribution is 2.22. The molecule has 126 valence electrons. The average molecular weight is 375 g/mol. The van der Waals surface area contributed by atoms with Crippen LogP contribution in [-0.4, -0.2) is 21.8 Å². The van der Waals surface area contributed by atoms with Crippen LogP contribution in [0.15, 0.2) is 52.4 Å². The fourth-order valence-corrected chi connectivity index (χ4v) is 2.56. The molecule has 0 aliphatic rings. The molecule has 0 atom stereocenters. The molecule has 0 saturated carbocycles. The summed E-state index contributed by atoms with van der Waals surface area (Å²) in [6.07, 6.45) is 0. The van der Waals surface area contributed by atoms with Crippen LogP contribution in [0.4, 0.5) is 0 Å². The quantitative estimate of drug-likeness (QED) is 0.544. The molecular formula is C17H12Cl2N4O2. The van der Waals surface area contributed by atoms with E-state index in [1.165, 1.54) is 0 Å². The van der Waals surface area contributed by atoms with E-state index in [2.05, 4.69) is 20.7 Å². The number of nitrogens with zero attached hydrogens (tertiary/aromatic N) is 2. The molecule has 1 aromatic heterocycles. The number of hydrazone groups is 1. The third-order valence-electron chi connectivity index (χ3n) is 3.57. The van der Waals surface area contributed by atoms with Gasteiger partial charge in [-0.25, -0.2) is 10.5 Å². The summed E-state index contributed by atoms with van der Waals surface area (Å²) in [4.78, 5) is 24.1. The highest BCUT2D eigenvalue weighted by molar-refractivity contribution is 6.42. The first-order valence-electron chi connectivity index (χ1n) is 7.25. The molecule has 1 heterocycles. The second kappa shape index (κ2) is 7.04. The van der Waals surface area contributed by atoms with Gasteiger partial charge < -0.3 is 0 Å². The van der Waals surface area contributed by atoms with Gasteiger partial charge in [0.05, 0.1) is 21.1 Å². The Morgan fingerprint density at radius 3 is 2.56 bits per heavy atom. The van der Waals surface area contributed by atoms with Crippen LogP contribution in [0.3, 0.4) is 0 Å².